The lowest BCUT2D eigenvalue weighted by molar-refractivity contribution is 0.0698. The van der Waals surface area contributed by atoms with Crippen LogP contribution >= 0.6 is 11.3 Å². The van der Waals surface area contributed by atoms with Crippen molar-refractivity contribution >= 4 is 27.3 Å². The summed E-state index contributed by atoms with van der Waals surface area (Å²) in [6.07, 6.45) is 4.39. The zero-order valence-corrected chi connectivity index (χ0v) is 13.0. The second-order valence-electron chi connectivity index (χ2n) is 5.41. The average Bonchev–Trinajstić information content (AvgIpc) is 2.87. The summed E-state index contributed by atoms with van der Waals surface area (Å²) in [5, 5.41) is 10.5. The summed E-state index contributed by atoms with van der Waals surface area (Å²) in [5.41, 5.74) is 0. The molecule has 0 bridgehead atoms. The minimum absolute atomic E-state index is 0.126. The number of thiophene rings is 1. The molecule has 5 nitrogen and oxygen atoms in total. The minimum Gasteiger partial charge on any atom is -0.477 e. The smallest absolute Gasteiger partial charge is 0.347 e. The second kappa shape index (κ2) is 6.24. The van der Waals surface area contributed by atoms with Gasteiger partial charge < -0.3 is 5.11 Å². The molecule has 7 heteroatoms. The van der Waals surface area contributed by atoms with Gasteiger partial charge in [0.1, 0.15) is 9.77 Å². The Labute approximate surface area is 123 Å². The maximum atomic E-state index is 12.2. The number of aromatic carboxylic acids is 1. The summed E-state index contributed by atoms with van der Waals surface area (Å²) < 4.78 is 26.9. The summed E-state index contributed by atoms with van der Waals surface area (Å²) in [4.78, 5) is 10.7. The van der Waals surface area contributed by atoms with Gasteiger partial charge >= 0.3 is 5.97 Å². The number of carboxylic acids is 1. The van der Waals surface area contributed by atoms with Crippen molar-refractivity contribution in [1.82, 2.24) is 4.72 Å². The van der Waals surface area contributed by atoms with Crippen LogP contribution in [-0.2, 0) is 10.0 Å². The number of hydrogen-bond donors (Lipinski definition) is 2. The number of carbonyl (C=O) groups is 1. The molecule has 1 aromatic heterocycles. The molecule has 0 amide bonds. The lowest BCUT2D eigenvalue weighted by atomic mass is 9.83. The van der Waals surface area contributed by atoms with Crippen molar-refractivity contribution in [3.8, 4) is 0 Å². The monoisotopic (exact) mass is 317 g/mol. The maximum Gasteiger partial charge on any atom is 0.347 e. The third-order valence-corrected chi connectivity index (χ3v) is 6.22. The van der Waals surface area contributed by atoms with E-state index in [4.69, 9.17) is 5.11 Å². The van der Waals surface area contributed by atoms with Crippen LogP contribution in [0.25, 0.3) is 0 Å². The van der Waals surface area contributed by atoms with Crippen LogP contribution in [-0.4, -0.2) is 26.0 Å². The van der Waals surface area contributed by atoms with Crippen LogP contribution in [0.4, 0.5) is 0 Å². The number of nitrogens with one attached hydrogen (secondary N) is 1. The van der Waals surface area contributed by atoms with Crippen LogP contribution < -0.4 is 4.72 Å². The van der Waals surface area contributed by atoms with Crippen molar-refractivity contribution in [2.45, 2.75) is 37.5 Å². The molecule has 2 atom stereocenters. The Balaban J connectivity index is 2.04. The Morgan fingerprint density at radius 2 is 2.25 bits per heavy atom. The van der Waals surface area contributed by atoms with Gasteiger partial charge in [-0.3, -0.25) is 0 Å². The zero-order chi connectivity index (χ0) is 14.8. The number of carboxylic acid groups (broad SMARTS) is 1. The van der Waals surface area contributed by atoms with Crippen molar-refractivity contribution in [2.75, 3.05) is 6.54 Å². The third-order valence-electron chi connectivity index (χ3n) is 3.72. The first-order valence-electron chi connectivity index (χ1n) is 6.70. The van der Waals surface area contributed by atoms with Crippen LogP contribution in [0.2, 0.25) is 0 Å². The van der Waals surface area contributed by atoms with E-state index < -0.39 is 16.0 Å². The lowest BCUT2D eigenvalue weighted by Crippen LogP contribution is -2.32. The van der Waals surface area contributed by atoms with Gasteiger partial charge in [0.15, 0.2) is 0 Å². The molecule has 1 fully saturated rings. The van der Waals surface area contributed by atoms with Gasteiger partial charge in [0, 0.05) is 6.54 Å². The van der Waals surface area contributed by atoms with Crippen molar-refractivity contribution < 1.29 is 18.3 Å². The highest BCUT2D eigenvalue weighted by atomic mass is 32.2. The molecule has 2 N–H and O–H groups in total. The van der Waals surface area contributed by atoms with E-state index in [1.807, 2.05) is 0 Å². The van der Waals surface area contributed by atoms with E-state index in [1.54, 1.807) is 0 Å². The van der Waals surface area contributed by atoms with Crippen molar-refractivity contribution in [3.05, 3.63) is 16.3 Å². The molecule has 112 valence electrons. The predicted octanol–water partition coefficient (Wildman–Crippen LogP) is 2.55. The van der Waals surface area contributed by atoms with E-state index in [9.17, 15) is 13.2 Å². The van der Waals surface area contributed by atoms with E-state index in [2.05, 4.69) is 11.6 Å². The molecule has 0 aromatic carbocycles. The molecule has 1 aliphatic rings. The van der Waals surface area contributed by atoms with Crippen molar-refractivity contribution in [3.63, 3.8) is 0 Å². The molecule has 1 aliphatic carbocycles. The predicted molar refractivity (Wildman–Crippen MR) is 77.6 cm³/mol. The molecule has 0 radical (unpaired) electrons. The van der Waals surface area contributed by atoms with E-state index in [-0.39, 0.29) is 9.77 Å². The van der Waals surface area contributed by atoms with Gasteiger partial charge in [0.05, 0.1) is 0 Å². The molecule has 0 saturated heterocycles. The minimum atomic E-state index is -3.73. The highest BCUT2D eigenvalue weighted by Crippen LogP contribution is 2.28. The molecule has 0 aliphatic heterocycles. The summed E-state index contributed by atoms with van der Waals surface area (Å²) in [5.74, 6) is -0.221. The van der Waals surface area contributed by atoms with Crippen molar-refractivity contribution in [1.29, 1.82) is 0 Å². The Kier molecular flexibility index (Phi) is 4.82. The zero-order valence-electron chi connectivity index (χ0n) is 11.3. The SMILES string of the molecule is CC1CCCC(CNS(=O)(=O)c2ccsc2C(=O)O)C1. The van der Waals surface area contributed by atoms with Crippen LogP contribution in [0, 0.1) is 11.8 Å². The highest BCUT2D eigenvalue weighted by Gasteiger charge is 2.26. The fourth-order valence-corrected chi connectivity index (χ4v) is 5.09. The van der Waals surface area contributed by atoms with Crippen LogP contribution in [0.15, 0.2) is 16.3 Å². The molecule has 20 heavy (non-hydrogen) atoms. The summed E-state index contributed by atoms with van der Waals surface area (Å²) in [7, 11) is -3.73. The number of sulfonamides is 1. The van der Waals surface area contributed by atoms with Crippen LogP contribution in [0.5, 0.6) is 0 Å². The summed E-state index contributed by atoms with van der Waals surface area (Å²) in [6, 6.07) is 1.35. The quantitative estimate of drug-likeness (QED) is 0.874. The van der Waals surface area contributed by atoms with Gasteiger partial charge in [-0.25, -0.2) is 17.9 Å². The maximum absolute atomic E-state index is 12.2. The molecule has 0 spiro atoms. The number of rotatable bonds is 5. The molecule has 1 saturated carbocycles. The van der Waals surface area contributed by atoms with E-state index in [0.717, 1.165) is 30.6 Å². The van der Waals surface area contributed by atoms with Crippen LogP contribution in [0.1, 0.15) is 42.3 Å². The number of hydrogen-bond acceptors (Lipinski definition) is 4. The van der Waals surface area contributed by atoms with Gasteiger partial charge in [-0.15, -0.1) is 11.3 Å². The Hall–Kier alpha value is -0.920. The fourth-order valence-electron chi connectivity index (χ4n) is 2.72. The summed E-state index contributed by atoms with van der Waals surface area (Å²) in [6.45, 7) is 2.57. The topological polar surface area (TPSA) is 83.5 Å². The summed E-state index contributed by atoms with van der Waals surface area (Å²) >= 11 is 0.928. The Bertz CT molecular complexity index is 579. The molecular formula is C13H19NO4S2. The normalized spacial score (nSPS) is 23.6. The lowest BCUT2D eigenvalue weighted by Gasteiger charge is -2.26. The van der Waals surface area contributed by atoms with Crippen molar-refractivity contribution in [2.24, 2.45) is 11.8 Å². The third kappa shape index (κ3) is 3.59. The first-order chi connectivity index (χ1) is 9.40. The first-order valence-corrected chi connectivity index (χ1v) is 9.07. The average molecular weight is 317 g/mol. The molecule has 2 unspecified atom stereocenters. The van der Waals surface area contributed by atoms with Gasteiger partial charge in [-0.05, 0) is 36.1 Å². The van der Waals surface area contributed by atoms with Gasteiger partial charge in [0.2, 0.25) is 10.0 Å². The van der Waals surface area contributed by atoms with E-state index >= 15 is 0 Å². The Morgan fingerprint density at radius 3 is 2.90 bits per heavy atom. The van der Waals surface area contributed by atoms with E-state index in [0.29, 0.717) is 18.4 Å². The van der Waals surface area contributed by atoms with Gasteiger partial charge in [-0.1, -0.05) is 19.8 Å². The molecule has 1 aromatic rings. The molecule has 1 heterocycles. The van der Waals surface area contributed by atoms with Crippen LogP contribution in [0.3, 0.4) is 0 Å². The Morgan fingerprint density at radius 1 is 1.50 bits per heavy atom. The second-order valence-corrected chi connectivity index (χ2v) is 8.06. The molecule has 2 rings (SSSR count). The molecular weight excluding hydrogens is 298 g/mol. The van der Waals surface area contributed by atoms with E-state index in [1.165, 1.54) is 17.9 Å². The largest absolute Gasteiger partial charge is 0.477 e. The fraction of sp³-hybridized carbons (Fsp3) is 0.615. The first kappa shape index (κ1) is 15.5. The standard InChI is InChI=1S/C13H19NO4S2/c1-9-3-2-4-10(7-9)8-14-20(17,18)11-5-6-19-12(11)13(15)16/h5-6,9-10,14H,2-4,7-8H2,1H3,(H,15,16). The van der Waals surface area contributed by atoms with Gasteiger partial charge in [0.25, 0.3) is 0 Å². The highest BCUT2D eigenvalue weighted by molar-refractivity contribution is 7.89. The van der Waals surface area contributed by atoms with Gasteiger partial charge in [-0.2, -0.15) is 0 Å².